The zero-order chi connectivity index (χ0) is 13.4. The number of hydrogen-bond donors (Lipinski definition) is 2. The van der Waals surface area contributed by atoms with Gasteiger partial charge >= 0.3 is 0 Å². The van der Waals surface area contributed by atoms with Gasteiger partial charge < -0.3 is 25.3 Å². The maximum absolute atomic E-state index is 5.75. The molecule has 0 saturated carbocycles. The van der Waals surface area contributed by atoms with Gasteiger partial charge in [0, 0.05) is 13.7 Å². The zero-order valence-electron chi connectivity index (χ0n) is 11.1. The first-order valence-electron chi connectivity index (χ1n) is 5.87. The maximum atomic E-state index is 5.75. The number of aromatic nitrogens is 1. The molecule has 104 valence electrons. The van der Waals surface area contributed by atoms with Crippen LogP contribution < -0.4 is 15.8 Å². The van der Waals surface area contributed by atoms with Crippen molar-refractivity contribution in [3.63, 3.8) is 0 Å². The lowest BCUT2D eigenvalue weighted by Crippen LogP contribution is -2.13. The molecule has 1 rings (SSSR count). The fourth-order valence-electron chi connectivity index (χ4n) is 1.24. The van der Waals surface area contributed by atoms with E-state index in [9.17, 15) is 0 Å². The van der Waals surface area contributed by atoms with Crippen molar-refractivity contribution in [3.8, 4) is 5.75 Å². The molecule has 0 amide bonds. The number of anilines is 2. The van der Waals surface area contributed by atoms with Crippen molar-refractivity contribution in [3.05, 3.63) is 0 Å². The van der Waals surface area contributed by atoms with Crippen LogP contribution >= 0.6 is 11.5 Å². The van der Waals surface area contributed by atoms with Crippen LogP contribution in [0.15, 0.2) is 0 Å². The SMILES string of the molecule is COCCOCCNc1snc(N)c1OC(C)C. The highest BCUT2D eigenvalue weighted by atomic mass is 32.1. The molecule has 1 heterocycles. The van der Waals surface area contributed by atoms with Crippen LogP contribution in [0, 0.1) is 0 Å². The molecular weight excluding hydrogens is 254 g/mol. The van der Waals surface area contributed by atoms with Crippen molar-refractivity contribution in [1.82, 2.24) is 4.37 Å². The number of nitrogens with one attached hydrogen (secondary N) is 1. The topological polar surface area (TPSA) is 78.6 Å². The maximum Gasteiger partial charge on any atom is 0.197 e. The summed E-state index contributed by atoms with van der Waals surface area (Å²) >= 11 is 1.30. The van der Waals surface area contributed by atoms with Gasteiger partial charge in [0.1, 0.15) is 0 Å². The number of hydrogen-bond acceptors (Lipinski definition) is 7. The van der Waals surface area contributed by atoms with Crippen LogP contribution in [0.4, 0.5) is 10.8 Å². The van der Waals surface area contributed by atoms with Crippen molar-refractivity contribution < 1.29 is 14.2 Å². The van der Waals surface area contributed by atoms with E-state index in [1.54, 1.807) is 7.11 Å². The molecular formula is C11H21N3O3S. The lowest BCUT2D eigenvalue weighted by molar-refractivity contribution is 0.0759. The number of ether oxygens (including phenoxy) is 3. The third-order valence-corrected chi connectivity index (χ3v) is 2.79. The quantitative estimate of drug-likeness (QED) is 0.666. The minimum Gasteiger partial charge on any atom is -0.484 e. The number of nitrogens with two attached hydrogens (primary N) is 1. The molecule has 0 saturated heterocycles. The van der Waals surface area contributed by atoms with Gasteiger partial charge in [0.05, 0.1) is 25.9 Å². The average molecular weight is 275 g/mol. The van der Waals surface area contributed by atoms with E-state index in [0.717, 1.165) is 5.00 Å². The highest BCUT2D eigenvalue weighted by Crippen LogP contribution is 2.35. The summed E-state index contributed by atoms with van der Waals surface area (Å²) in [6.45, 7) is 6.39. The second-order valence-electron chi connectivity index (χ2n) is 3.92. The Morgan fingerprint density at radius 3 is 2.78 bits per heavy atom. The molecule has 1 aromatic heterocycles. The molecule has 6 nitrogen and oxygen atoms in total. The second kappa shape index (κ2) is 8.12. The summed E-state index contributed by atoms with van der Waals surface area (Å²) in [5.74, 6) is 1.06. The Morgan fingerprint density at radius 1 is 1.33 bits per heavy atom. The molecule has 0 atom stereocenters. The van der Waals surface area contributed by atoms with Crippen LogP contribution in [0.5, 0.6) is 5.75 Å². The molecule has 0 aliphatic heterocycles. The molecule has 0 fully saturated rings. The van der Waals surface area contributed by atoms with Crippen molar-refractivity contribution in [1.29, 1.82) is 0 Å². The summed E-state index contributed by atoms with van der Waals surface area (Å²) < 4.78 is 19.9. The predicted octanol–water partition coefficient (Wildman–Crippen LogP) is 1.59. The normalized spacial score (nSPS) is 10.9. The van der Waals surface area contributed by atoms with Gasteiger partial charge in [-0.05, 0) is 25.4 Å². The fraction of sp³-hybridized carbons (Fsp3) is 0.727. The first kappa shape index (κ1) is 15.0. The fourth-order valence-corrected chi connectivity index (χ4v) is 1.91. The molecule has 0 spiro atoms. The molecule has 18 heavy (non-hydrogen) atoms. The van der Waals surface area contributed by atoms with Crippen LogP contribution in [0.1, 0.15) is 13.8 Å². The van der Waals surface area contributed by atoms with E-state index in [0.29, 0.717) is 37.9 Å². The van der Waals surface area contributed by atoms with Crippen LogP contribution in [0.3, 0.4) is 0 Å². The first-order chi connectivity index (χ1) is 8.65. The minimum atomic E-state index is 0.0715. The Morgan fingerprint density at radius 2 is 2.11 bits per heavy atom. The van der Waals surface area contributed by atoms with Gasteiger partial charge in [-0.15, -0.1) is 0 Å². The van der Waals surface area contributed by atoms with Crippen LogP contribution in [0.2, 0.25) is 0 Å². The van der Waals surface area contributed by atoms with E-state index in [1.165, 1.54) is 11.5 Å². The Hall–Kier alpha value is -1.05. The highest BCUT2D eigenvalue weighted by Gasteiger charge is 2.13. The molecule has 0 aliphatic rings. The summed E-state index contributed by atoms with van der Waals surface area (Å²) in [6, 6.07) is 0. The van der Waals surface area contributed by atoms with E-state index < -0.39 is 0 Å². The van der Waals surface area contributed by atoms with Crippen molar-refractivity contribution in [2.75, 3.05) is 44.5 Å². The summed E-state index contributed by atoms with van der Waals surface area (Å²) in [6.07, 6.45) is 0.0715. The van der Waals surface area contributed by atoms with Crippen LogP contribution in [-0.2, 0) is 9.47 Å². The lowest BCUT2D eigenvalue weighted by atomic mass is 10.4. The Labute approximate surface area is 112 Å². The van der Waals surface area contributed by atoms with Crippen molar-refractivity contribution in [2.45, 2.75) is 20.0 Å². The Kier molecular flexibility index (Phi) is 6.77. The number of nitrogens with zero attached hydrogens (tertiary/aromatic N) is 1. The standard InChI is InChI=1S/C11H21N3O3S/c1-8(2)17-9-10(12)14-18-11(9)13-4-5-16-7-6-15-3/h8,13H,4-7H2,1-3H3,(H2,12,14). The van der Waals surface area contributed by atoms with Gasteiger partial charge in [-0.2, -0.15) is 4.37 Å². The molecule has 0 aromatic carbocycles. The molecule has 0 unspecified atom stereocenters. The van der Waals surface area contributed by atoms with E-state index >= 15 is 0 Å². The Bertz CT molecular complexity index is 344. The molecule has 1 aromatic rings. The van der Waals surface area contributed by atoms with Gasteiger partial charge in [-0.25, -0.2) is 0 Å². The monoisotopic (exact) mass is 275 g/mol. The second-order valence-corrected chi connectivity index (χ2v) is 4.70. The van der Waals surface area contributed by atoms with Gasteiger partial charge in [0.15, 0.2) is 16.6 Å². The number of rotatable bonds is 9. The molecule has 0 radical (unpaired) electrons. The first-order valence-corrected chi connectivity index (χ1v) is 6.64. The molecule has 0 aliphatic carbocycles. The van der Waals surface area contributed by atoms with Crippen LogP contribution in [0.25, 0.3) is 0 Å². The minimum absolute atomic E-state index is 0.0715. The van der Waals surface area contributed by atoms with Crippen LogP contribution in [-0.4, -0.2) is 44.0 Å². The average Bonchev–Trinajstić information content (AvgIpc) is 2.65. The smallest absolute Gasteiger partial charge is 0.197 e. The largest absolute Gasteiger partial charge is 0.484 e. The predicted molar refractivity (Wildman–Crippen MR) is 73.5 cm³/mol. The third-order valence-electron chi connectivity index (χ3n) is 1.99. The zero-order valence-corrected chi connectivity index (χ0v) is 11.9. The van der Waals surface area contributed by atoms with Crippen molar-refractivity contribution in [2.24, 2.45) is 0 Å². The van der Waals surface area contributed by atoms with E-state index in [2.05, 4.69) is 9.69 Å². The van der Waals surface area contributed by atoms with Gasteiger partial charge in [-0.3, -0.25) is 0 Å². The van der Waals surface area contributed by atoms with Gasteiger partial charge in [-0.1, -0.05) is 0 Å². The summed E-state index contributed by atoms with van der Waals surface area (Å²) in [4.78, 5) is 0. The lowest BCUT2D eigenvalue weighted by Gasteiger charge is -2.11. The highest BCUT2D eigenvalue weighted by molar-refractivity contribution is 7.11. The molecule has 7 heteroatoms. The summed E-state index contributed by atoms with van der Waals surface area (Å²) in [7, 11) is 1.65. The van der Waals surface area contributed by atoms with Crippen molar-refractivity contribution >= 4 is 22.4 Å². The van der Waals surface area contributed by atoms with E-state index in [4.69, 9.17) is 19.9 Å². The summed E-state index contributed by atoms with van der Waals surface area (Å²) in [5.41, 5.74) is 5.75. The Balaban J connectivity index is 2.33. The molecule has 3 N–H and O–H groups in total. The summed E-state index contributed by atoms with van der Waals surface area (Å²) in [5, 5.41) is 4.05. The van der Waals surface area contributed by atoms with Gasteiger partial charge in [0.2, 0.25) is 0 Å². The van der Waals surface area contributed by atoms with E-state index in [1.807, 2.05) is 13.8 Å². The molecule has 0 bridgehead atoms. The van der Waals surface area contributed by atoms with E-state index in [-0.39, 0.29) is 6.10 Å². The number of methoxy groups -OCH3 is 1. The third kappa shape index (κ3) is 5.07. The van der Waals surface area contributed by atoms with Gasteiger partial charge in [0.25, 0.3) is 0 Å². The number of nitrogen functional groups attached to an aromatic ring is 1.